The van der Waals surface area contributed by atoms with E-state index in [1.165, 1.54) is 5.56 Å². The Morgan fingerprint density at radius 2 is 1.70 bits per heavy atom. The predicted octanol–water partition coefficient (Wildman–Crippen LogP) is 2.10. The van der Waals surface area contributed by atoms with E-state index < -0.39 is 0 Å². The number of carbonyl (C=O) groups is 1. The molecule has 4 nitrogen and oxygen atoms in total. The molecule has 0 bridgehead atoms. The highest BCUT2D eigenvalue weighted by Gasteiger charge is 2.02. The van der Waals surface area contributed by atoms with Gasteiger partial charge in [0.25, 0.3) is 0 Å². The number of hydrogen-bond donors (Lipinski definition) is 1. The maximum absolute atomic E-state index is 11.7. The molecule has 0 fully saturated rings. The lowest BCUT2D eigenvalue weighted by Gasteiger charge is -2.07. The Kier molecular flexibility index (Phi) is 8.67. The fourth-order valence-electron chi connectivity index (χ4n) is 1.68. The molecule has 1 N–H and O–H groups in total. The Labute approximate surface area is 121 Å². The first-order chi connectivity index (χ1) is 9.72. The first-order valence-electron chi connectivity index (χ1n) is 7.20. The molecule has 0 atom stereocenters. The van der Waals surface area contributed by atoms with Gasteiger partial charge in [-0.1, -0.05) is 36.8 Å². The van der Waals surface area contributed by atoms with Gasteiger partial charge in [0.15, 0.2) is 0 Å². The third-order valence-electron chi connectivity index (χ3n) is 2.77. The van der Waals surface area contributed by atoms with E-state index in [4.69, 9.17) is 9.47 Å². The molecule has 20 heavy (non-hydrogen) atoms. The van der Waals surface area contributed by atoms with Crippen molar-refractivity contribution < 1.29 is 14.3 Å². The van der Waals surface area contributed by atoms with Gasteiger partial charge in [-0.2, -0.15) is 0 Å². The molecule has 0 heterocycles. The lowest BCUT2D eigenvalue weighted by molar-refractivity contribution is -0.120. The van der Waals surface area contributed by atoms with Gasteiger partial charge < -0.3 is 14.8 Å². The van der Waals surface area contributed by atoms with Crippen molar-refractivity contribution >= 4 is 5.91 Å². The summed E-state index contributed by atoms with van der Waals surface area (Å²) in [5.74, 6) is 0.0275. The summed E-state index contributed by atoms with van der Waals surface area (Å²) in [4.78, 5) is 11.7. The van der Waals surface area contributed by atoms with E-state index in [0.29, 0.717) is 32.8 Å². The third-order valence-corrected chi connectivity index (χ3v) is 2.77. The molecule has 1 rings (SSSR count). The van der Waals surface area contributed by atoms with Crippen LogP contribution in [-0.4, -0.2) is 38.9 Å². The van der Waals surface area contributed by atoms with Crippen LogP contribution in [0, 0.1) is 6.92 Å². The second-order valence-electron chi connectivity index (χ2n) is 4.74. The van der Waals surface area contributed by atoms with Crippen molar-refractivity contribution in [2.24, 2.45) is 0 Å². The van der Waals surface area contributed by atoms with Crippen LogP contribution in [-0.2, 0) is 20.7 Å². The highest BCUT2D eigenvalue weighted by Crippen LogP contribution is 2.03. The molecule has 0 saturated heterocycles. The number of aryl methyl sites for hydroxylation is 1. The van der Waals surface area contributed by atoms with Crippen LogP contribution in [0.3, 0.4) is 0 Å². The average molecular weight is 279 g/mol. The molecule has 0 aliphatic rings. The van der Waals surface area contributed by atoms with Crippen LogP contribution in [0.4, 0.5) is 0 Å². The molecule has 112 valence electrons. The van der Waals surface area contributed by atoms with Gasteiger partial charge in [-0.15, -0.1) is 0 Å². The summed E-state index contributed by atoms with van der Waals surface area (Å²) in [6, 6.07) is 8.00. The van der Waals surface area contributed by atoms with Crippen LogP contribution in [0.25, 0.3) is 0 Å². The molecule has 1 aromatic rings. The van der Waals surface area contributed by atoms with Crippen LogP contribution in [0.5, 0.6) is 0 Å². The van der Waals surface area contributed by atoms with Gasteiger partial charge in [0.1, 0.15) is 0 Å². The Bertz CT molecular complexity index is 376. The lowest BCUT2D eigenvalue weighted by Crippen LogP contribution is -2.29. The van der Waals surface area contributed by atoms with E-state index in [0.717, 1.165) is 18.6 Å². The zero-order valence-electron chi connectivity index (χ0n) is 12.5. The van der Waals surface area contributed by atoms with Gasteiger partial charge in [0.2, 0.25) is 5.91 Å². The Balaban J connectivity index is 2.01. The normalized spacial score (nSPS) is 10.5. The number of amides is 1. The van der Waals surface area contributed by atoms with Crippen LogP contribution in [0.1, 0.15) is 24.5 Å². The molecule has 0 spiro atoms. The van der Waals surface area contributed by atoms with Gasteiger partial charge in [0.05, 0.1) is 26.2 Å². The minimum atomic E-state index is 0.0275. The van der Waals surface area contributed by atoms with Crippen LogP contribution in [0.15, 0.2) is 24.3 Å². The highest BCUT2D eigenvalue weighted by molar-refractivity contribution is 5.78. The molecule has 1 aromatic carbocycles. The topological polar surface area (TPSA) is 47.6 Å². The molecule has 0 aliphatic heterocycles. The van der Waals surface area contributed by atoms with Crippen molar-refractivity contribution in [3.63, 3.8) is 0 Å². The first-order valence-corrected chi connectivity index (χ1v) is 7.20. The molecule has 1 amide bonds. The van der Waals surface area contributed by atoms with Gasteiger partial charge in [-0.25, -0.2) is 0 Å². The number of rotatable bonds is 10. The van der Waals surface area contributed by atoms with Crippen LogP contribution < -0.4 is 5.32 Å². The number of hydrogen-bond acceptors (Lipinski definition) is 3. The maximum Gasteiger partial charge on any atom is 0.224 e. The monoisotopic (exact) mass is 279 g/mol. The molecule has 0 unspecified atom stereocenters. The van der Waals surface area contributed by atoms with Crippen LogP contribution in [0.2, 0.25) is 0 Å². The largest absolute Gasteiger partial charge is 0.379 e. The first kappa shape index (κ1) is 16.7. The van der Waals surface area contributed by atoms with Crippen molar-refractivity contribution in [2.45, 2.75) is 26.7 Å². The van der Waals surface area contributed by atoms with Crippen molar-refractivity contribution in [3.8, 4) is 0 Å². The van der Waals surface area contributed by atoms with Gasteiger partial charge in [-0.3, -0.25) is 4.79 Å². The Morgan fingerprint density at radius 3 is 2.35 bits per heavy atom. The maximum atomic E-state index is 11.7. The van der Waals surface area contributed by atoms with Crippen molar-refractivity contribution in [1.29, 1.82) is 0 Å². The SMILES string of the molecule is CCCOCCOCCNC(=O)Cc1ccc(C)cc1. The number of carbonyl (C=O) groups excluding carboxylic acids is 1. The second kappa shape index (κ2) is 10.4. The fourth-order valence-corrected chi connectivity index (χ4v) is 1.68. The minimum absolute atomic E-state index is 0.0275. The summed E-state index contributed by atoms with van der Waals surface area (Å²) in [5, 5.41) is 2.84. The Morgan fingerprint density at radius 1 is 1.05 bits per heavy atom. The van der Waals surface area contributed by atoms with Crippen molar-refractivity contribution in [3.05, 3.63) is 35.4 Å². The van der Waals surface area contributed by atoms with E-state index in [2.05, 4.69) is 12.2 Å². The molecule has 0 aliphatic carbocycles. The fraction of sp³-hybridized carbons (Fsp3) is 0.562. The second-order valence-corrected chi connectivity index (χ2v) is 4.74. The summed E-state index contributed by atoms with van der Waals surface area (Å²) in [7, 11) is 0. The van der Waals surface area contributed by atoms with Crippen LogP contribution >= 0.6 is 0 Å². The zero-order chi connectivity index (χ0) is 14.6. The smallest absolute Gasteiger partial charge is 0.224 e. The summed E-state index contributed by atoms with van der Waals surface area (Å²) in [6.45, 7) is 7.14. The number of benzene rings is 1. The summed E-state index contributed by atoms with van der Waals surface area (Å²) >= 11 is 0. The summed E-state index contributed by atoms with van der Waals surface area (Å²) in [6.07, 6.45) is 1.44. The summed E-state index contributed by atoms with van der Waals surface area (Å²) < 4.78 is 10.6. The minimum Gasteiger partial charge on any atom is -0.379 e. The van der Waals surface area contributed by atoms with E-state index in [1.54, 1.807) is 0 Å². The van der Waals surface area contributed by atoms with E-state index >= 15 is 0 Å². The predicted molar refractivity (Wildman–Crippen MR) is 79.8 cm³/mol. The quantitative estimate of drug-likeness (QED) is 0.667. The number of nitrogens with one attached hydrogen (secondary N) is 1. The van der Waals surface area contributed by atoms with E-state index in [1.807, 2.05) is 31.2 Å². The summed E-state index contributed by atoms with van der Waals surface area (Å²) in [5.41, 5.74) is 2.23. The molecular formula is C16H25NO3. The lowest BCUT2D eigenvalue weighted by atomic mass is 10.1. The zero-order valence-corrected chi connectivity index (χ0v) is 12.5. The van der Waals surface area contributed by atoms with Crippen molar-refractivity contribution in [1.82, 2.24) is 5.32 Å². The Hall–Kier alpha value is -1.39. The standard InChI is InChI=1S/C16H25NO3/c1-3-9-19-11-12-20-10-8-17-16(18)13-15-6-4-14(2)5-7-15/h4-7H,3,8-13H2,1-2H3,(H,17,18). The molecular weight excluding hydrogens is 254 g/mol. The molecule has 0 radical (unpaired) electrons. The molecule has 0 aromatic heterocycles. The average Bonchev–Trinajstić information content (AvgIpc) is 2.44. The third kappa shape index (κ3) is 7.92. The van der Waals surface area contributed by atoms with E-state index in [9.17, 15) is 4.79 Å². The highest BCUT2D eigenvalue weighted by atomic mass is 16.5. The van der Waals surface area contributed by atoms with Gasteiger partial charge in [-0.05, 0) is 18.9 Å². The molecule has 4 heteroatoms. The van der Waals surface area contributed by atoms with Crippen molar-refractivity contribution in [2.75, 3.05) is 33.0 Å². The van der Waals surface area contributed by atoms with E-state index in [-0.39, 0.29) is 5.91 Å². The molecule has 0 saturated carbocycles. The van der Waals surface area contributed by atoms with Gasteiger partial charge >= 0.3 is 0 Å². The van der Waals surface area contributed by atoms with Gasteiger partial charge in [0, 0.05) is 13.2 Å². The number of ether oxygens (including phenoxy) is 2.